The van der Waals surface area contributed by atoms with Crippen LogP contribution in [0.1, 0.15) is 13.3 Å². The second kappa shape index (κ2) is 7.29. The summed E-state index contributed by atoms with van der Waals surface area (Å²) in [7, 11) is 0. The molecule has 1 rings (SSSR count). The van der Waals surface area contributed by atoms with E-state index < -0.39 is 24.3 Å². The van der Waals surface area contributed by atoms with Crippen LogP contribution < -0.4 is 0 Å². The van der Waals surface area contributed by atoms with E-state index in [9.17, 15) is 9.59 Å². The van der Waals surface area contributed by atoms with Crippen LogP contribution in [0.4, 0.5) is 0 Å². The standard InChI is InChI=1S/C5H10O4.C4H6O3/c6-1-4-5(8)3(7)2-9-4;1-3(5)2-4(6)7/h3-8H,1-2H2;2H2,1H3,(H,6,7)/t3-,4+,5+;/m0./s1. The summed E-state index contributed by atoms with van der Waals surface area (Å²) in [6.07, 6.45) is -2.71. The predicted octanol–water partition coefficient (Wildman–Crippen LogP) is -1.85. The van der Waals surface area contributed by atoms with Gasteiger partial charge >= 0.3 is 5.97 Å². The third-order valence-electron chi connectivity index (χ3n) is 1.84. The summed E-state index contributed by atoms with van der Waals surface area (Å²) in [4.78, 5) is 19.5. The normalized spacial score (nSPS) is 28.1. The van der Waals surface area contributed by atoms with E-state index in [2.05, 4.69) is 0 Å². The molecule has 1 saturated heterocycles. The Morgan fingerprint density at radius 1 is 1.38 bits per heavy atom. The highest BCUT2D eigenvalue weighted by atomic mass is 16.5. The van der Waals surface area contributed by atoms with Gasteiger partial charge in [-0.05, 0) is 6.92 Å². The highest BCUT2D eigenvalue weighted by Crippen LogP contribution is 2.12. The number of carbonyl (C=O) groups excluding carboxylic acids is 1. The molecule has 0 spiro atoms. The Morgan fingerprint density at radius 2 is 1.94 bits per heavy atom. The molecule has 0 aromatic heterocycles. The summed E-state index contributed by atoms with van der Waals surface area (Å²) in [6.45, 7) is 1.12. The largest absolute Gasteiger partial charge is 0.481 e. The molecule has 1 fully saturated rings. The van der Waals surface area contributed by atoms with Crippen molar-refractivity contribution < 1.29 is 34.8 Å². The quantitative estimate of drug-likeness (QED) is 0.424. The van der Waals surface area contributed by atoms with Gasteiger partial charge in [-0.3, -0.25) is 9.59 Å². The summed E-state index contributed by atoms with van der Waals surface area (Å²) >= 11 is 0. The fraction of sp³-hybridized carbons (Fsp3) is 0.778. The number of Topliss-reactive ketones (excluding diaryl/α,β-unsaturated/α-hetero) is 1. The van der Waals surface area contributed by atoms with Gasteiger partial charge in [-0.2, -0.15) is 0 Å². The van der Waals surface area contributed by atoms with Crippen LogP contribution in [-0.2, 0) is 14.3 Å². The molecule has 1 heterocycles. The molecular formula is C9H16O7. The van der Waals surface area contributed by atoms with Crippen molar-refractivity contribution in [1.82, 2.24) is 0 Å². The molecule has 0 radical (unpaired) electrons. The van der Waals surface area contributed by atoms with Gasteiger partial charge in [0.15, 0.2) is 0 Å². The lowest BCUT2D eigenvalue weighted by atomic mass is 10.2. The van der Waals surface area contributed by atoms with Gasteiger partial charge < -0.3 is 25.2 Å². The van der Waals surface area contributed by atoms with Crippen LogP contribution >= 0.6 is 0 Å². The first-order valence-corrected chi connectivity index (χ1v) is 4.68. The Hall–Kier alpha value is -1.02. The monoisotopic (exact) mass is 236 g/mol. The second-order valence-electron chi connectivity index (χ2n) is 3.38. The molecule has 94 valence electrons. The molecule has 16 heavy (non-hydrogen) atoms. The van der Waals surface area contributed by atoms with Crippen LogP contribution in [0, 0.1) is 0 Å². The Bertz CT molecular complexity index is 228. The average Bonchev–Trinajstić information content (AvgIpc) is 2.46. The lowest BCUT2D eigenvalue weighted by molar-refractivity contribution is -0.139. The van der Waals surface area contributed by atoms with Crippen molar-refractivity contribution in [3.8, 4) is 0 Å². The number of rotatable bonds is 3. The van der Waals surface area contributed by atoms with Gasteiger partial charge in [-0.25, -0.2) is 0 Å². The SMILES string of the molecule is CC(=O)CC(=O)O.OC[C@H]1OC[C@H](O)[C@H]1O. The van der Waals surface area contributed by atoms with Crippen molar-refractivity contribution in [2.75, 3.05) is 13.2 Å². The maximum absolute atomic E-state index is 9.87. The summed E-state index contributed by atoms with van der Waals surface area (Å²) in [5.74, 6) is -1.37. The molecule has 0 amide bonds. The molecule has 1 aliphatic heterocycles. The molecule has 7 heteroatoms. The number of aliphatic hydroxyl groups is 3. The molecular weight excluding hydrogens is 220 g/mol. The fourth-order valence-electron chi connectivity index (χ4n) is 1.04. The second-order valence-corrected chi connectivity index (χ2v) is 3.38. The summed E-state index contributed by atoms with van der Waals surface area (Å²) < 4.78 is 4.78. The number of carboxylic acids is 1. The number of aliphatic carboxylic acids is 1. The Balaban J connectivity index is 0.000000293. The number of hydrogen-bond acceptors (Lipinski definition) is 6. The first-order chi connectivity index (χ1) is 7.38. The number of ketones is 1. The van der Waals surface area contributed by atoms with Crippen molar-refractivity contribution >= 4 is 11.8 Å². The first kappa shape index (κ1) is 15.0. The highest BCUT2D eigenvalue weighted by Gasteiger charge is 2.33. The van der Waals surface area contributed by atoms with Gasteiger partial charge in [-0.1, -0.05) is 0 Å². The van der Waals surface area contributed by atoms with Crippen LogP contribution in [0.25, 0.3) is 0 Å². The van der Waals surface area contributed by atoms with E-state index in [-0.39, 0.29) is 25.4 Å². The number of aliphatic hydroxyl groups excluding tert-OH is 3. The zero-order valence-corrected chi connectivity index (χ0v) is 8.87. The topological polar surface area (TPSA) is 124 Å². The number of carbonyl (C=O) groups is 2. The molecule has 3 atom stereocenters. The van der Waals surface area contributed by atoms with E-state index in [4.69, 9.17) is 25.2 Å². The van der Waals surface area contributed by atoms with Crippen molar-refractivity contribution in [1.29, 1.82) is 0 Å². The van der Waals surface area contributed by atoms with Gasteiger partial charge in [0.1, 0.15) is 30.5 Å². The molecule has 0 aromatic rings. The summed E-state index contributed by atoms with van der Waals surface area (Å²) in [5.41, 5.74) is 0. The Kier molecular flexibility index (Phi) is 6.82. The van der Waals surface area contributed by atoms with Crippen LogP contribution in [0.15, 0.2) is 0 Å². The lowest BCUT2D eigenvalue weighted by Gasteiger charge is -2.10. The minimum Gasteiger partial charge on any atom is -0.481 e. The van der Waals surface area contributed by atoms with E-state index >= 15 is 0 Å². The van der Waals surface area contributed by atoms with E-state index in [0.29, 0.717) is 0 Å². The number of hydrogen-bond donors (Lipinski definition) is 4. The minimum absolute atomic E-state index is 0.117. The summed E-state index contributed by atoms with van der Waals surface area (Å²) in [5, 5.41) is 34.1. The zero-order valence-electron chi connectivity index (χ0n) is 8.87. The third-order valence-corrected chi connectivity index (χ3v) is 1.84. The van der Waals surface area contributed by atoms with E-state index in [0.717, 1.165) is 0 Å². The van der Waals surface area contributed by atoms with Gasteiger partial charge in [0.25, 0.3) is 0 Å². The Morgan fingerprint density at radius 3 is 2.06 bits per heavy atom. The van der Waals surface area contributed by atoms with Gasteiger partial charge in [0.05, 0.1) is 13.2 Å². The molecule has 0 unspecified atom stereocenters. The molecule has 0 bridgehead atoms. The molecule has 7 nitrogen and oxygen atoms in total. The van der Waals surface area contributed by atoms with Crippen LogP contribution in [0.2, 0.25) is 0 Å². The Labute approximate surface area is 92.3 Å². The molecule has 0 saturated carbocycles. The minimum atomic E-state index is -1.06. The number of carboxylic acid groups (broad SMARTS) is 1. The third kappa shape index (κ3) is 5.76. The molecule has 4 N–H and O–H groups in total. The van der Waals surface area contributed by atoms with Crippen LogP contribution in [-0.4, -0.2) is 63.7 Å². The van der Waals surface area contributed by atoms with Gasteiger partial charge in [0.2, 0.25) is 0 Å². The fourth-order valence-corrected chi connectivity index (χ4v) is 1.04. The molecule has 0 aromatic carbocycles. The average molecular weight is 236 g/mol. The van der Waals surface area contributed by atoms with Crippen LogP contribution in [0.5, 0.6) is 0 Å². The zero-order chi connectivity index (χ0) is 12.7. The molecule has 1 aliphatic rings. The van der Waals surface area contributed by atoms with Crippen LogP contribution in [0.3, 0.4) is 0 Å². The van der Waals surface area contributed by atoms with Gasteiger partial charge in [0, 0.05) is 0 Å². The maximum atomic E-state index is 9.87. The smallest absolute Gasteiger partial charge is 0.310 e. The van der Waals surface area contributed by atoms with E-state index in [1.807, 2.05) is 0 Å². The van der Waals surface area contributed by atoms with Gasteiger partial charge in [-0.15, -0.1) is 0 Å². The van der Waals surface area contributed by atoms with Crippen molar-refractivity contribution in [3.05, 3.63) is 0 Å². The first-order valence-electron chi connectivity index (χ1n) is 4.68. The maximum Gasteiger partial charge on any atom is 0.310 e. The lowest BCUT2D eigenvalue weighted by Crippen LogP contribution is -2.31. The van der Waals surface area contributed by atoms with Crippen molar-refractivity contribution in [2.45, 2.75) is 31.7 Å². The highest BCUT2D eigenvalue weighted by molar-refractivity contribution is 5.93. The summed E-state index contributed by atoms with van der Waals surface area (Å²) in [6, 6.07) is 0. The van der Waals surface area contributed by atoms with Crippen molar-refractivity contribution in [3.63, 3.8) is 0 Å². The van der Waals surface area contributed by atoms with Crippen molar-refractivity contribution in [2.24, 2.45) is 0 Å². The number of ether oxygens (including phenoxy) is 1. The van der Waals surface area contributed by atoms with E-state index in [1.54, 1.807) is 0 Å². The molecule has 0 aliphatic carbocycles. The van der Waals surface area contributed by atoms with E-state index in [1.165, 1.54) is 6.92 Å². The predicted molar refractivity (Wildman–Crippen MR) is 51.8 cm³/mol.